The maximum absolute atomic E-state index is 4.13. The molecule has 0 saturated heterocycles. The molecular formula is C12H14N4. The lowest BCUT2D eigenvalue weighted by atomic mass is 9.98. The van der Waals surface area contributed by atoms with Crippen LogP contribution in [-0.2, 0) is 20.0 Å². The zero-order valence-corrected chi connectivity index (χ0v) is 9.27. The maximum Gasteiger partial charge on any atom is 0.113 e. The summed E-state index contributed by atoms with van der Waals surface area (Å²) < 4.78 is 1.73. The fourth-order valence-corrected chi connectivity index (χ4v) is 2.12. The molecule has 16 heavy (non-hydrogen) atoms. The summed E-state index contributed by atoms with van der Waals surface area (Å²) in [6, 6.07) is 6.56. The fourth-order valence-electron chi connectivity index (χ4n) is 2.12. The van der Waals surface area contributed by atoms with Gasteiger partial charge in [0.2, 0.25) is 0 Å². The number of rotatable bonds is 1. The van der Waals surface area contributed by atoms with E-state index in [1.807, 2.05) is 13.2 Å². The summed E-state index contributed by atoms with van der Waals surface area (Å²) in [5, 5.41) is 11.5. The zero-order chi connectivity index (χ0) is 11.0. The minimum Gasteiger partial charge on any atom is -0.312 e. The van der Waals surface area contributed by atoms with E-state index >= 15 is 0 Å². The predicted octanol–water partition coefficient (Wildman–Crippen LogP) is 1.13. The first-order valence-electron chi connectivity index (χ1n) is 5.52. The highest BCUT2D eigenvalue weighted by Crippen LogP contribution is 2.22. The first-order valence-corrected chi connectivity index (χ1v) is 5.52. The molecule has 0 fully saturated rings. The van der Waals surface area contributed by atoms with Gasteiger partial charge in [-0.15, -0.1) is 5.10 Å². The fraction of sp³-hybridized carbons (Fsp3) is 0.333. The highest BCUT2D eigenvalue weighted by molar-refractivity contribution is 5.60. The van der Waals surface area contributed by atoms with E-state index in [2.05, 4.69) is 33.8 Å². The Balaban J connectivity index is 2.02. The standard InChI is InChI=1S/C12H14N4/c1-16-8-12(14-15-16)10-3-2-9-4-5-13-7-11(9)6-10/h2-3,6,8,13H,4-5,7H2,1H3. The second-order valence-corrected chi connectivity index (χ2v) is 4.19. The van der Waals surface area contributed by atoms with Crippen LogP contribution in [0.25, 0.3) is 11.3 Å². The van der Waals surface area contributed by atoms with Crippen LogP contribution in [0.3, 0.4) is 0 Å². The van der Waals surface area contributed by atoms with Gasteiger partial charge in [0.25, 0.3) is 0 Å². The van der Waals surface area contributed by atoms with Crippen molar-refractivity contribution in [2.75, 3.05) is 6.54 Å². The van der Waals surface area contributed by atoms with Gasteiger partial charge >= 0.3 is 0 Å². The Morgan fingerprint density at radius 1 is 1.31 bits per heavy atom. The van der Waals surface area contributed by atoms with Gasteiger partial charge in [0.1, 0.15) is 5.69 Å². The predicted molar refractivity (Wildman–Crippen MR) is 61.8 cm³/mol. The summed E-state index contributed by atoms with van der Waals surface area (Å²) in [7, 11) is 1.89. The van der Waals surface area contributed by atoms with E-state index in [1.54, 1.807) is 4.68 Å². The number of hydrogen-bond acceptors (Lipinski definition) is 3. The molecule has 0 amide bonds. The van der Waals surface area contributed by atoms with Crippen molar-refractivity contribution >= 4 is 0 Å². The van der Waals surface area contributed by atoms with Crippen molar-refractivity contribution in [3.63, 3.8) is 0 Å². The van der Waals surface area contributed by atoms with Crippen molar-refractivity contribution in [1.29, 1.82) is 0 Å². The van der Waals surface area contributed by atoms with Crippen molar-refractivity contribution < 1.29 is 0 Å². The van der Waals surface area contributed by atoms with Gasteiger partial charge in [0.05, 0.1) is 6.20 Å². The quantitative estimate of drug-likeness (QED) is 0.773. The molecular weight excluding hydrogens is 200 g/mol. The molecule has 2 heterocycles. The summed E-state index contributed by atoms with van der Waals surface area (Å²) in [6.07, 6.45) is 3.06. The Hall–Kier alpha value is -1.68. The van der Waals surface area contributed by atoms with E-state index < -0.39 is 0 Å². The Kier molecular flexibility index (Phi) is 2.22. The molecule has 4 nitrogen and oxygen atoms in total. The van der Waals surface area contributed by atoms with E-state index in [-0.39, 0.29) is 0 Å². The number of nitrogens with zero attached hydrogens (tertiary/aromatic N) is 3. The van der Waals surface area contributed by atoms with Crippen molar-refractivity contribution in [2.24, 2.45) is 7.05 Å². The second kappa shape index (κ2) is 3.72. The molecule has 1 aromatic carbocycles. The number of aryl methyl sites for hydroxylation is 1. The molecule has 1 aliphatic rings. The summed E-state index contributed by atoms with van der Waals surface area (Å²) in [5.41, 5.74) is 4.92. The molecule has 1 N–H and O–H groups in total. The van der Waals surface area contributed by atoms with Crippen LogP contribution in [0.4, 0.5) is 0 Å². The first kappa shape index (κ1) is 9.54. The number of aromatic nitrogens is 3. The summed E-state index contributed by atoms with van der Waals surface area (Å²) in [4.78, 5) is 0. The molecule has 1 aromatic heterocycles. The third kappa shape index (κ3) is 1.61. The largest absolute Gasteiger partial charge is 0.312 e. The minimum atomic E-state index is 0.941. The normalized spacial score (nSPS) is 14.8. The van der Waals surface area contributed by atoms with E-state index in [0.29, 0.717) is 0 Å². The Labute approximate surface area is 94.3 Å². The highest BCUT2D eigenvalue weighted by atomic mass is 15.4. The summed E-state index contributed by atoms with van der Waals surface area (Å²) in [6.45, 7) is 2.04. The topological polar surface area (TPSA) is 42.7 Å². The number of benzene rings is 1. The number of nitrogens with one attached hydrogen (secondary N) is 1. The van der Waals surface area contributed by atoms with E-state index in [4.69, 9.17) is 0 Å². The smallest absolute Gasteiger partial charge is 0.113 e. The molecule has 3 rings (SSSR count). The van der Waals surface area contributed by atoms with Gasteiger partial charge in [0.15, 0.2) is 0 Å². The van der Waals surface area contributed by atoms with Gasteiger partial charge in [-0.25, -0.2) is 0 Å². The molecule has 0 bridgehead atoms. The minimum absolute atomic E-state index is 0.941. The molecule has 82 valence electrons. The van der Waals surface area contributed by atoms with Gasteiger partial charge in [-0.2, -0.15) is 0 Å². The van der Waals surface area contributed by atoms with Crippen LogP contribution >= 0.6 is 0 Å². The molecule has 0 unspecified atom stereocenters. The van der Waals surface area contributed by atoms with Crippen molar-refractivity contribution in [3.8, 4) is 11.3 Å². The Morgan fingerprint density at radius 3 is 3.06 bits per heavy atom. The van der Waals surface area contributed by atoms with Crippen LogP contribution in [0.5, 0.6) is 0 Å². The first-order chi connectivity index (χ1) is 7.83. The molecule has 4 heteroatoms. The monoisotopic (exact) mass is 214 g/mol. The lowest BCUT2D eigenvalue weighted by molar-refractivity contribution is 0.644. The maximum atomic E-state index is 4.13. The van der Waals surface area contributed by atoms with E-state index in [9.17, 15) is 0 Å². The van der Waals surface area contributed by atoms with Crippen molar-refractivity contribution in [3.05, 3.63) is 35.5 Å². The van der Waals surface area contributed by atoms with Crippen molar-refractivity contribution in [1.82, 2.24) is 20.3 Å². The summed E-state index contributed by atoms with van der Waals surface area (Å²) in [5.74, 6) is 0. The van der Waals surface area contributed by atoms with Crippen LogP contribution in [0.15, 0.2) is 24.4 Å². The van der Waals surface area contributed by atoms with Gasteiger partial charge in [-0.1, -0.05) is 17.3 Å². The van der Waals surface area contributed by atoms with Crippen LogP contribution in [0.2, 0.25) is 0 Å². The highest BCUT2D eigenvalue weighted by Gasteiger charge is 2.10. The molecule has 0 radical (unpaired) electrons. The van der Waals surface area contributed by atoms with E-state index in [1.165, 1.54) is 11.1 Å². The van der Waals surface area contributed by atoms with Crippen molar-refractivity contribution in [2.45, 2.75) is 13.0 Å². The van der Waals surface area contributed by atoms with Gasteiger partial charge in [-0.05, 0) is 30.2 Å². The number of hydrogen-bond donors (Lipinski definition) is 1. The average molecular weight is 214 g/mol. The molecule has 0 spiro atoms. The molecule has 0 aliphatic carbocycles. The Bertz CT molecular complexity index is 515. The SMILES string of the molecule is Cn1cc(-c2ccc3c(c2)CNCC3)nn1. The Morgan fingerprint density at radius 2 is 2.25 bits per heavy atom. The molecule has 0 atom stereocenters. The van der Waals surface area contributed by atoms with Gasteiger partial charge < -0.3 is 5.32 Å². The van der Waals surface area contributed by atoms with Crippen LogP contribution in [0.1, 0.15) is 11.1 Å². The van der Waals surface area contributed by atoms with Crippen LogP contribution in [0, 0.1) is 0 Å². The number of fused-ring (bicyclic) bond motifs is 1. The third-order valence-electron chi connectivity index (χ3n) is 2.99. The van der Waals surface area contributed by atoms with Crippen LogP contribution < -0.4 is 5.32 Å². The van der Waals surface area contributed by atoms with Gasteiger partial charge in [-0.3, -0.25) is 4.68 Å². The van der Waals surface area contributed by atoms with Gasteiger partial charge in [0, 0.05) is 19.2 Å². The third-order valence-corrected chi connectivity index (χ3v) is 2.99. The average Bonchev–Trinajstić information content (AvgIpc) is 2.75. The zero-order valence-electron chi connectivity index (χ0n) is 9.27. The van der Waals surface area contributed by atoms with Crippen LogP contribution in [-0.4, -0.2) is 21.5 Å². The van der Waals surface area contributed by atoms with E-state index in [0.717, 1.165) is 30.8 Å². The lowest BCUT2D eigenvalue weighted by Gasteiger charge is -2.17. The molecule has 1 aliphatic heterocycles. The molecule has 0 saturated carbocycles. The summed E-state index contributed by atoms with van der Waals surface area (Å²) >= 11 is 0. The molecule has 2 aromatic rings. The lowest BCUT2D eigenvalue weighted by Crippen LogP contribution is -2.23. The second-order valence-electron chi connectivity index (χ2n) is 4.19.